The molecule has 1 N–H and O–H groups in total. The third kappa shape index (κ3) is 3.40. The number of rotatable bonds is 2. The van der Waals surface area contributed by atoms with E-state index in [1.54, 1.807) is 4.90 Å². The SMILES string of the molecule is CC1(C)CN(C(=O)c2cncc(Cl)n2)CC(CO)O1. The Morgan fingerprint density at radius 2 is 2.37 bits per heavy atom. The van der Waals surface area contributed by atoms with Crippen molar-refractivity contribution in [1.82, 2.24) is 14.9 Å². The summed E-state index contributed by atoms with van der Waals surface area (Å²) >= 11 is 5.73. The van der Waals surface area contributed by atoms with Gasteiger partial charge in [-0.25, -0.2) is 4.98 Å². The Bertz CT molecular complexity index is 481. The minimum absolute atomic E-state index is 0.131. The molecule has 1 unspecified atom stereocenters. The average molecular weight is 286 g/mol. The molecule has 7 heteroatoms. The zero-order valence-electron chi connectivity index (χ0n) is 10.8. The average Bonchev–Trinajstić information content (AvgIpc) is 2.36. The number of morpholine rings is 1. The van der Waals surface area contributed by atoms with E-state index in [9.17, 15) is 9.90 Å². The molecule has 0 radical (unpaired) electrons. The first-order valence-electron chi connectivity index (χ1n) is 5.97. The lowest BCUT2D eigenvalue weighted by Gasteiger charge is -2.42. The van der Waals surface area contributed by atoms with E-state index in [4.69, 9.17) is 16.3 Å². The van der Waals surface area contributed by atoms with Crippen molar-refractivity contribution < 1.29 is 14.6 Å². The van der Waals surface area contributed by atoms with Crippen LogP contribution in [0.4, 0.5) is 0 Å². The van der Waals surface area contributed by atoms with E-state index in [0.717, 1.165) is 0 Å². The standard InChI is InChI=1S/C12H16ClN3O3/c1-12(2)7-16(5-8(6-17)19-12)11(18)9-3-14-4-10(13)15-9/h3-4,8,17H,5-7H2,1-2H3. The van der Waals surface area contributed by atoms with Gasteiger partial charge in [-0.1, -0.05) is 11.6 Å². The summed E-state index contributed by atoms with van der Waals surface area (Å²) < 4.78 is 5.66. The summed E-state index contributed by atoms with van der Waals surface area (Å²) in [6.07, 6.45) is 2.36. The maximum absolute atomic E-state index is 12.3. The Kier molecular flexibility index (Phi) is 4.03. The van der Waals surface area contributed by atoms with Crippen LogP contribution >= 0.6 is 11.6 Å². The fourth-order valence-corrected chi connectivity index (χ4v) is 2.30. The molecule has 1 aliphatic rings. The van der Waals surface area contributed by atoms with E-state index in [-0.39, 0.29) is 29.5 Å². The predicted octanol–water partition coefficient (Wildman–Crippen LogP) is 0.742. The molecule has 0 spiro atoms. The number of aromatic nitrogens is 2. The molecule has 1 fully saturated rings. The number of hydrogen-bond acceptors (Lipinski definition) is 5. The van der Waals surface area contributed by atoms with Gasteiger partial charge in [0.2, 0.25) is 0 Å². The molecule has 0 aromatic carbocycles. The van der Waals surface area contributed by atoms with E-state index < -0.39 is 5.60 Å². The van der Waals surface area contributed by atoms with E-state index in [1.165, 1.54) is 12.4 Å². The molecule has 0 saturated carbocycles. The van der Waals surface area contributed by atoms with E-state index >= 15 is 0 Å². The zero-order valence-corrected chi connectivity index (χ0v) is 11.6. The monoisotopic (exact) mass is 285 g/mol. The molecule has 19 heavy (non-hydrogen) atoms. The van der Waals surface area contributed by atoms with Crippen LogP contribution < -0.4 is 0 Å². The molecule has 0 bridgehead atoms. The number of aliphatic hydroxyl groups is 1. The Morgan fingerprint density at radius 1 is 1.63 bits per heavy atom. The van der Waals surface area contributed by atoms with E-state index in [1.807, 2.05) is 13.8 Å². The van der Waals surface area contributed by atoms with Crippen molar-refractivity contribution in [1.29, 1.82) is 0 Å². The molecule has 0 aliphatic carbocycles. The summed E-state index contributed by atoms with van der Waals surface area (Å²) in [5.74, 6) is -0.259. The van der Waals surface area contributed by atoms with Crippen molar-refractivity contribution in [2.75, 3.05) is 19.7 Å². The Morgan fingerprint density at radius 3 is 3.00 bits per heavy atom. The highest BCUT2D eigenvalue weighted by Gasteiger charge is 2.36. The van der Waals surface area contributed by atoms with Gasteiger partial charge in [-0.2, -0.15) is 0 Å². The van der Waals surface area contributed by atoms with Crippen molar-refractivity contribution in [2.24, 2.45) is 0 Å². The van der Waals surface area contributed by atoms with Crippen LogP contribution in [0.3, 0.4) is 0 Å². The van der Waals surface area contributed by atoms with Gasteiger partial charge in [-0.05, 0) is 13.8 Å². The number of halogens is 1. The predicted molar refractivity (Wildman–Crippen MR) is 69.0 cm³/mol. The van der Waals surface area contributed by atoms with Gasteiger partial charge in [0.15, 0.2) is 0 Å². The van der Waals surface area contributed by atoms with Crippen LogP contribution in [0, 0.1) is 0 Å². The zero-order chi connectivity index (χ0) is 14.0. The smallest absolute Gasteiger partial charge is 0.274 e. The van der Waals surface area contributed by atoms with Gasteiger partial charge in [0.1, 0.15) is 10.8 Å². The van der Waals surface area contributed by atoms with Crippen molar-refractivity contribution in [2.45, 2.75) is 25.6 Å². The van der Waals surface area contributed by atoms with Gasteiger partial charge in [0.05, 0.1) is 30.7 Å². The minimum Gasteiger partial charge on any atom is -0.394 e. The van der Waals surface area contributed by atoms with Gasteiger partial charge < -0.3 is 14.7 Å². The van der Waals surface area contributed by atoms with Crippen LogP contribution in [0.15, 0.2) is 12.4 Å². The summed E-state index contributed by atoms with van der Waals surface area (Å²) in [5, 5.41) is 9.40. The molecule has 1 saturated heterocycles. The number of amides is 1. The van der Waals surface area contributed by atoms with Crippen molar-refractivity contribution in [3.05, 3.63) is 23.2 Å². The number of aliphatic hydroxyl groups excluding tert-OH is 1. The van der Waals surface area contributed by atoms with Gasteiger partial charge >= 0.3 is 0 Å². The Balaban J connectivity index is 2.18. The summed E-state index contributed by atoms with van der Waals surface area (Å²) in [6, 6.07) is 0. The lowest BCUT2D eigenvalue weighted by atomic mass is 10.0. The van der Waals surface area contributed by atoms with Crippen LogP contribution in [0.5, 0.6) is 0 Å². The van der Waals surface area contributed by atoms with Crippen LogP contribution in [0.25, 0.3) is 0 Å². The summed E-state index contributed by atoms with van der Waals surface area (Å²) in [5.41, 5.74) is -0.310. The number of carbonyl (C=O) groups is 1. The first kappa shape index (κ1) is 14.2. The molecular formula is C12H16ClN3O3. The van der Waals surface area contributed by atoms with E-state index in [2.05, 4.69) is 9.97 Å². The summed E-state index contributed by atoms with van der Waals surface area (Å²) in [7, 11) is 0. The van der Waals surface area contributed by atoms with Crippen LogP contribution in [0.1, 0.15) is 24.3 Å². The first-order chi connectivity index (χ1) is 8.91. The molecule has 1 amide bonds. The Hall–Kier alpha value is -1.24. The second kappa shape index (κ2) is 5.40. The third-order valence-corrected chi connectivity index (χ3v) is 2.98. The number of ether oxygens (including phenoxy) is 1. The first-order valence-corrected chi connectivity index (χ1v) is 6.34. The lowest BCUT2D eigenvalue weighted by molar-refractivity contribution is -0.139. The van der Waals surface area contributed by atoms with Gasteiger partial charge in [0, 0.05) is 13.1 Å². The second-order valence-corrected chi connectivity index (χ2v) is 5.48. The van der Waals surface area contributed by atoms with Crippen LogP contribution in [-0.4, -0.2) is 57.3 Å². The highest BCUT2D eigenvalue weighted by atomic mass is 35.5. The quantitative estimate of drug-likeness (QED) is 0.867. The maximum atomic E-state index is 12.3. The molecule has 1 aromatic heterocycles. The molecular weight excluding hydrogens is 270 g/mol. The summed E-state index contributed by atoms with van der Waals surface area (Å²) in [4.78, 5) is 21.7. The largest absolute Gasteiger partial charge is 0.394 e. The van der Waals surface area contributed by atoms with Gasteiger partial charge in [-0.15, -0.1) is 0 Å². The third-order valence-electron chi connectivity index (χ3n) is 2.80. The molecule has 2 heterocycles. The number of hydrogen-bond donors (Lipinski definition) is 1. The maximum Gasteiger partial charge on any atom is 0.274 e. The highest BCUT2D eigenvalue weighted by Crippen LogP contribution is 2.22. The van der Waals surface area contributed by atoms with Gasteiger partial charge in [0.25, 0.3) is 5.91 Å². The highest BCUT2D eigenvalue weighted by molar-refractivity contribution is 6.29. The van der Waals surface area contributed by atoms with Crippen molar-refractivity contribution in [3.8, 4) is 0 Å². The van der Waals surface area contributed by atoms with Crippen molar-refractivity contribution >= 4 is 17.5 Å². The van der Waals surface area contributed by atoms with Gasteiger partial charge in [-0.3, -0.25) is 9.78 Å². The molecule has 6 nitrogen and oxygen atoms in total. The molecule has 104 valence electrons. The second-order valence-electron chi connectivity index (χ2n) is 5.09. The topological polar surface area (TPSA) is 75.6 Å². The Labute approximate surface area is 116 Å². The number of nitrogens with zero attached hydrogens (tertiary/aromatic N) is 3. The molecule has 2 rings (SSSR count). The molecule has 1 atom stereocenters. The fraction of sp³-hybridized carbons (Fsp3) is 0.583. The summed E-state index contributed by atoms with van der Waals surface area (Å²) in [6.45, 7) is 4.37. The van der Waals surface area contributed by atoms with E-state index in [0.29, 0.717) is 13.1 Å². The minimum atomic E-state index is -0.507. The normalized spacial score (nSPS) is 22.3. The number of carbonyl (C=O) groups excluding carboxylic acids is 1. The van der Waals surface area contributed by atoms with Crippen LogP contribution in [0.2, 0.25) is 5.15 Å². The fourth-order valence-electron chi connectivity index (χ4n) is 2.15. The molecule has 1 aliphatic heterocycles. The molecule has 1 aromatic rings. The lowest BCUT2D eigenvalue weighted by Crippen LogP contribution is -2.55. The van der Waals surface area contributed by atoms with Crippen LogP contribution in [-0.2, 0) is 4.74 Å². The van der Waals surface area contributed by atoms with Crippen molar-refractivity contribution in [3.63, 3.8) is 0 Å².